The molecule has 0 aliphatic rings. The van der Waals surface area contributed by atoms with Crippen molar-refractivity contribution in [3.63, 3.8) is 0 Å². The van der Waals surface area contributed by atoms with Gasteiger partial charge in [-0.2, -0.15) is 5.10 Å². The maximum atomic E-state index is 12.0. The number of rotatable bonds is 4. The van der Waals surface area contributed by atoms with Crippen LogP contribution >= 0.6 is 11.3 Å². The van der Waals surface area contributed by atoms with Crippen LogP contribution < -0.4 is 5.43 Å². The molecule has 0 radical (unpaired) electrons. The molecular formula is C15H13N5O3S. The molecule has 1 aromatic carbocycles. The van der Waals surface area contributed by atoms with Crippen molar-refractivity contribution in [2.75, 3.05) is 0 Å². The second-order valence-corrected chi connectivity index (χ2v) is 5.92. The highest BCUT2D eigenvalue weighted by molar-refractivity contribution is 7.15. The summed E-state index contributed by atoms with van der Waals surface area (Å²) in [5.74, 6) is -0.518. The first-order valence-electron chi connectivity index (χ1n) is 6.98. The highest BCUT2D eigenvalue weighted by atomic mass is 32.1. The lowest BCUT2D eigenvalue weighted by molar-refractivity contribution is -0.384. The first-order chi connectivity index (χ1) is 11.5. The average molecular weight is 343 g/mol. The number of hydrazone groups is 1. The number of fused-ring (bicyclic) bond motifs is 1. The molecule has 24 heavy (non-hydrogen) atoms. The van der Waals surface area contributed by atoms with Gasteiger partial charge < -0.3 is 0 Å². The first-order valence-corrected chi connectivity index (χ1v) is 7.86. The van der Waals surface area contributed by atoms with Crippen LogP contribution in [0.5, 0.6) is 0 Å². The summed E-state index contributed by atoms with van der Waals surface area (Å²) < 4.78 is 1.95. The third-order valence-electron chi connectivity index (χ3n) is 3.43. The van der Waals surface area contributed by atoms with E-state index in [0.29, 0.717) is 0 Å². The zero-order valence-electron chi connectivity index (χ0n) is 12.9. The number of nitrogens with zero attached hydrogens (tertiary/aromatic N) is 4. The summed E-state index contributed by atoms with van der Waals surface area (Å²) in [4.78, 5) is 27.5. The molecule has 0 unspecified atom stereocenters. The molecule has 122 valence electrons. The fourth-order valence-electron chi connectivity index (χ4n) is 2.25. The predicted molar refractivity (Wildman–Crippen MR) is 90.7 cm³/mol. The van der Waals surface area contributed by atoms with E-state index >= 15 is 0 Å². The number of aryl methyl sites for hydroxylation is 2. The number of amides is 1. The Labute approximate surface area is 140 Å². The summed E-state index contributed by atoms with van der Waals surface area (Å²) in [5.41, 5.74) is 5.02. The topological polar surface area (TPSA) is 102 Å². The Morgan fingerprint density at radius 3 is 3.00 bits per heavy atom. The van der Waals surface area contributed by atoms with Crippen LogP contribution in [0.4, 0.5) is 5.69 Å². The fraction of sp³-hybridized carbons (Fsp3) is 0.133. The van der Waals surface area contributed by atoms with Crippen LogP contribution in [0.1, 0.15) is 27.4 Å². The number of non-ortho nitro benzene ring substituents is 1. The van der Waals surface area contributed by atoms with Crippen LogP contribution in [0.2, 0.25) is 0 Å². The van der Waals surface area contributed by atoms with Crippen LogP contribution in [-0.4, -0.2) is 26.4 Å². The third-order valence-corrected chi connectivity index (χ3v) is 4.37. The van der Waals surface area contributed by atoms with E-state index in [2.05, 4.69) is 15.5 Å². The van der Waals surface area contributed by atoms with E-state index in [1.807, 2.05) is 23.6 Å². The largest absolute Gasteiger partial charge is 0.286 e. The number of aromatic nitrogens is 2. The second-order valence-electron chi connectivity index (χ2n) is 5.08. The smallest absolute Gasteiger partial charge is 0.271 e. The minimum atomic E-state index is -0.550. The van der Waals surface area contributed by atoms with E-state index < -0.39 is 10.8 Å². The van der Waals surface area contributed by atoms with Crippen LogP contribution in [0, 0.1) is 24.0 Å². The monoisotopic (exact) mass is 343 g/mol. The highest BCUT2D eigenvalue weighted by Gasteiger charge is 2.12. The van der Waals surface area contributed by atoms with Crippen molar-refractivity contribution in [2.45, 2.75) is 13.8 Å². The van der Waals surface area contributed by atoms with Crippen molar-refractivity contribution in [1.82, 2.24) is 14.8 Å². The van der Waals surface area contributed by atoms with E-state index in [0.717, 1.165) is 22.0 Å². The SMILES string of the molecule is Cc1nc2scc(C)n2c1/C=N\NC(=O)c1cccc([N+](=O)[O-])c1. The minimum Gasteiger partial charge on any atom is -0.286 e. The van der Waals surface area contributed by atoms with Crippen LogP contribution in [0.3, 0.4) is 0 Å². The summed E-state index contributed by atoms with van der Waals surface area (Å²) in [6.45, 7) is 3.83. The Balaban J connectivity index is 1.79. The van der Waals surface area contributed by atoms with Gasteiger partial charge in [-0.15, -0.1) is 11.3 Å². The lowest BCUT2D eigenvalue weighted by Crippen LogP contribution is -2.18. The van der Waals surface area contributed by atoms with Gasteiger partial charge in [0, 0.05) is 28.8 Å². The maximum Gasteiger partial charge on any atom is 0.271 e. The Morgan fingerprint density at radius 1 is 1.46 bits per heavy atom. The molecule has 0 atom stereocenters. The van der Waals surface area contributed by atoms with Gasteiger partial charge in [0.15, 0.2) is 4.96 Å². The van der Waals surface area contributed by atoms with Gasteiger partial charge in [-0.3, -0.25) is 19.3 Å². The van der Waals surface area contributed by atoms with Gasteiger partial charge in [-0.05, 0) is 19.9 Å². The number of carbonyl (C=O) groups excluding carboxylic acids is 1. The molecule has 3 rings (SSSR count). The molecule has 0 saturated heterocycles. The van der Waals surface area contributed by atoms with E-state index in [-0.39, 0.29) is 11.3 Å². The Hall–Kier alpha value is -3.07. The number of hydrogen-bond donors (Lipinski definition) is 1. The van der Waals surface area contributed by atoms with Crippen molar-refractivity contribution in [3.05, 3.63) is 62.4 Å². The van der Waals surface area contributed by atoms with Gasteiger partial charge >= 0.3 is 0 Å². The van der Waals surface area contributed by atoms with Crippen molar-refractivity contribution in [3.8, 4) is 0 Å². The number of benzene rings is 1. The van der Waals surface area contributed by atoms with E-state index in [4.69, 9.17) is 0 Å². The van der Waals surface area contributed by atoms with Gasteiger partial charge in [0.25, 0.3) is 11.6 Å². The number of nitrogens with one attached hydrogen (secondary N) is 1. The predicted octanol–water partition coefficient (Wildman–Crippen LogP) is 2.68. The first kappa shape index (κ1) is 15.8. The lowest BCUT2D eigenvalue weighted by atomic mass is 10.2. The summed E-state index contributed by atoms with van der Waals surface area (Å²) in [5, 5.41) is 16.7. The van der Waals surface area contributed by atoms with E-state index in [1.54, 1.807) is 0 Å². The quantitative estimate of drug-likeness (QED) is 0.447. The van der Waals surface area contributed by atoms with Crippen molar-refractivity contribution >= 4 is 34.1 Å². The van der Waals surface area contributed by atoms with Gasteiger partial charge in [-0.1, -0.05) is 6.07 Å². The van der Waals surface area contributed by atoms with Gasteiger partial charge in [0.1, 0.15) is 0 Å². The van der Waals surface area contributed by atoms with Gasteiger partial charge in [0.2, 0.25) is 0 Å². The number of thiazole rings is 1. The summed E-state index contributed by atoms with van der Waals surface area (Å²) in [6.07, 6.45) is 1.52. The molecule has 2 aromatic heterocycles. The zero-order valence-corrected chi connectivity index (χ0v) is 13.7. The number of imidazole rings is 1. The fourth-order valence-corrected chi connectivity index (χ4v) is 3.17. The molecule has 0 saturated carbocycles. The van der Waals surface area contributed by atoms with Crippen molar-refractivity contribution < 1.29 is 9.72 Å². The molecule has 1 N–H and O–H groups in total. The van der Waals surface area contributed by atoms with Gasteiger partial charge in [-0.25, -0.2) is 10.4 Å². The molecule has 0 aliphatic heterocycles. The number of nitro groups is 1. The van der Waals surface area contributed by atoms with Gasteiger partial charge in [0.05, 0.1) is 22.5 Å². The Bertz CT molecular complexity index is 973. The minimum absolute atomic E-state index is 0.145. The normalized spacial score (nSPS) is 11.2. The van der Waals surface area contributed by atoms with Crippen LogP contribution in [0.15, 0.2) is 34.7 Å². The Morgan fingerprint density at radius 2 is 2.25 bits per heavy atom. The third kappa shape index (κ3) is 2.88. The molecule has 0 fully saturated rings. The van der Waals surface area contributed by atoms with Crippen LogP contribution in [0.25, 0.3) is 4.96 Å². The molecule has 0 spiro atoms. The van der Waals surface area contributed by atoms with E-state index in [9.17, 15) is 14.9 Å². The highest BCUT2D eigenvalue weighted by Crippen LogP contribution is 2.19. The molecule has 9 heteroatoms. The van der Waals surface area contributed by atoms with Crippen LogP contribution in [-0.2, 0) is 0 Å². The molecule has 1 amide bonds. The molecule has 0 aliphatic carbocycles. The zero-order chi connectivity index (χ0) is 17.3. The Kier molecular flexibility index (Phi) is 4.09. The molecule has 2 heterocycles. The standard InChI is InChI=1S/C15H13N5O3S/c1-9-8-24-15-17-10(2)13(19(9)15)7-16-18-14(21)11-4-3-5-12(6-11)20(22)23/h3-8H,1-2H3,(H,18,21)/b16-7-. The second kappa shape index (κ2) is 6.20. The number of carbonyl (C=O) groups is 1. The molecule has 0 bridgehead atoms. The average Bonchev–Trinajstić information content (AvgIpc) is 3.07. The number of hydrogen-bond acceptors (Lipinski definition) is 6. The molecular weight excluding hydrogens is 330 g/mol. The molecule has 3 aromatic rings. The van der Waals surface area contributed by atoms with Crippen molar-refractivity contribution in [1.29, 1.82) is 0 Å². The maximum absolute atomic E-state index is 12.0. The summed E-state index contributed by atoms with van der Waals surface area (Å²) in [6, 6.07) is 5.47. The number of nitro benzene ring substituents is 1. The lowest BCUT2D eigenvalue weighted by Gasteiger charge is -2.00. The van der Waals surface area contributed by atoms with Crippen molar-refractivity contribution in [2.24, 2.45) is 5.10 Å². The molecule has 8 nitrogen and oxygen atoms in total. The summed E-state index contributed by atoms with van der Waals surface area (Å²) in [7, 11) is 0. The summed E-state index contributed by atoms with van der Waals surface area (Å²) >= 11 is 1.53. The van der Waals surface area contributed by atoms with E-state index in [1.165, 1.54) is 41.8 Å².